The Morgan fingerprint density at radius 3 is 1.73 bits per heavy atom. The van der Waals surface area contributed by atoms with Crippen molar-refractivity contribution in [2.24, 2.45) is 0 Å². The van der Waals surface area contributed by atoms with Gasteiger partial charge in [-0.05, 0) is 102 Å². The van der Waals surface area contributed by atoms with E-state index in [1.807, 2.05) is 24.5 Å². The quantitative estimate of drug-likeness (QED) is 0.180. The van der Waals surface area contributed by atoms with Gasteiger partial charge < -0.3 is 0 Å². The molecule has 0 atom stereocenters. The van der Waals surface area contributed by atoms with E-state index in [1.165, 1.54) is 77.5 Å². The van der Waals surface area contributed by atoms with Crippen molar-refractivity contribution in [3.8, 4) is 44.5 Å². The van der Waals surface area contributed by atoms with E-state index in [0.717, 1.165) is 21.8 Å². The average molecular weight is 621 g/mol. The first-order chi connectivity index (χ1) is 24.3. The summed E-state index contributed by atoms with van der Waals surface area (Å²) < 4.78 is 0. The summed E-state index contributed by atoms with van der Waals surface area (Å²) in [6, 6.07) is 58.4. The number of nitrogens with zero attached hydrogens (tertiary/aromatic N) is 2. The van der Waals surface area contributed by atoms with Crippen LogP contribution >= 0.6 is 0 Å². The van der Waals surface area contributed by atoms with Gasteiger partial charge in [-0.3, -0.25) is 9.97 Å². The maximum Gasteiger partial charge on any atom is 0.0970 e. The molecule has 2 aromatic heterocycles. The van der Waals surface area contributed by atoms with Crippen molar-refractivity contribution < 1.29 is 0 Å². The Kier molecular flexibility index (Phi) is 5.34. The zero-order valence-electron chi connectivity index (χ0n) is 26.6. The lowest BCUT2D eigenvalue weighted by atomic mass is 9.61. The fraction of sp³-hybridized carbons (Fsp3) is 0.0213. The summed E-state index contributed by atoms with van der Waals surface area (Å²) in [4.78, 5) is 9.39. The monoisotopic (exact) mass is 620 g/mol. The highest BCUT2D eigenvalue weighted by Gasteiger charge is 2.49. The molecule has 7 aromatic carbocycles. The molecule has 0 amide bonds. The van der Waals surface area contributed by atoms with Crippen molar-refractivity contribution in [3.05, 3.63) is 192 Å². The van der Waals surface area contributed by atoms with Gasteiger partial charge >= 0.3 is 0 Å². The molecule has 11 rings (SSSR count). The third kappa shape index (κ3) is 3.50. The standard InChI is InChI=1S/C47H28N2/c1-3-16-40-34(12-1)35-13-2-4-17-41(35)47(40)42-18-6-10-31-9-5-14-37(44(31)42)36-24-23-32(28-43(36)47)29-19-21-30(22-20-29)39-27-33-11-7-25-48-45(33)46-38(39)15-8-26-49-46/h1-28H. The Morgan fingerprint density at radius 2 is 0.939 bits per heavy atom. The van der Waals surface area contributed by atoms with E-state index < -0.39 is 5.41 Å². The molecule has 0 radical (unpaired) electrons. The molecule has 2 aliphatic carbocycles. The molecule has 49 heavy (non-hydrogen) atoms. The normalized spacial score (nSPS) is 13.5. The number of hydrogen-bond acceptors (Lipinski definition) is 2. The highest BCUT2D eigenvalue weighted by Crippen LogP contribution is 2.62. The molecule has 0 unspecified atom stereocenters. The third-order valence-electron chi connectivity index (χ3n) is 11.0. The summed E-state index contributed by atoms with van der Waals surface area (Å²) >= 11 is 0. The van der Waals surface area contributed by atoms with E-state index >= 15 is 0 Å². The van der Waals surface area contributed by atoms with Gasteiger partial charge in [0.1, 0.15) is 0 Å². The van der Waals surface area contributed by atoms with Gasteiger partial charge in [0, 0.05) is 23.2 Å². The van der Waals surface area contributed by atoms with Gasteiger partial charge in [-0.25, -0.2) is 0 Å². The molecule has 0 fully saturated rings. The largest absolute Gasteiger partial charge is 0.254 e. The Hall–Kier alpha value is -6.38. The summed E-state index contributed by atoms with van der Waals surface area (Å²) in [5.74, 6) is 0. The topological polar surface area (TPSA) is 25.8 Å². The second-order valence-electron chi connectivity index (χ2n) is 13.3. The first kappa shape index (κ1) is 26.7. The average Bonchev–Trinajstić information content (AvgIpc) is 3.47. The predicted molar refractivity (Wildman–Crippen MR) is 202 cm³/mol. The molecule has 2 aliphatic rings. The zero-order valence-corrected chi connectivity index (χ0v) is 26.6. The van der Waals surface area contributed by atoms with Gasteiger partial charge in [-0.1, -0.05) is 133 Å². The van der Waals surface area contributed by atoms with Crippen LogP contribution < -0.4 is 0 Å². The molecular formula is C47H28N2. The number of fused-ring (bicyclic) bond motifs is 12. The molecule has 0 bridgehead atoms. The summed E-state index contributed by atoms with van der Waals surface area (Å²) in [7, 11) is 0. The minimum Gasteiger partial charge on any atom is -0.254 e. The van der Waals surface area contributed by atoms with Crippen LogP contribution in [-0.2, 0) is 5.41 Å². The fourth-order valence-corrected chi connectivity index (χ4v) is 8.97. The molecule has 2 nitrogen and oxygen atoms in total. The van der Waals surface area contributed by atoms with E-state index in [9.17, 15) is 0 Å². The molecule has 0 saturated heterocycles. The Labute approximate surface area is 284 Å². The van der Waals surface area contributed by atoms with Crippen LogP contribution in [-0.4, -0.2) is 9.97 Å². The van der Waals surface area contributed by atoms with Crippen molar-refractivity contribution in [3.63, 3.8) is 0 Å². The molecule has 9 aromatic rings. The van der Waals surface area contributed by atoms with Crippen LogP contribution in [0.25, 0.3) is 77.1 Å². The molecule has 1 spiro atoms. The molecule has 0 aliphatic heterocycles. The Balaban J connectivity index is 1.14. The SMILES string of the molecule is c1ccc2c(c1)-c1ccccc1C21c2cc(-c3ccc(-c4cc5cccnc5c5ncccc45)cc3)ccc2-c2cccc3cccc1c23. The van der Waals surface area contributed by atoms with Crippen molar-refractivity contribution in [1.82, 2.24) is 9.97 Å². The molecule has 226 valence electrons. The lowest BCUT2D eigenvalue weighted by molar-refractivity contribution is 0.774. The zero-order chi connectivity index (χ0) is 32.1. The van der Waals surface area contributed by atoms with Crippen LogP contribution in [0.4, 0.5) is 0 Å². The molecule has 0 N–H and O–H groups in total. The van der Waals surface area contributed by atoms with E-state index in [4.69, 9.17) is 4.98 Å². The predicted octanol–water partition coefficient (Wildman–Crippen LogP) is 11.6. The van der Waals surface area contributed by atoms with Gasteiger partial charge in [0.2, 0.25) is 0 Å². The molecule has 2 heteroatoms. The first-order valence-electron chi connectivity index (χ1n) is 16.9. The van der Waals surface area contributed by atoms with E-state index in [2.05, 4.69) is 151 Å². The third-order valence-corrected chi connectivity index (χ3v) is 11.0. The summed E-state index contributed by atoms with van der Waals surface area (Å²) in [5.41, 5.74) is 16.9. The summed E-state index contributed by atoms with van der Waals surface area (Å²) in [5, 5.41) is 4.85. The number of hydrogen-bond donors (Lipinski definition) is 0. The van der Waals surface area contributed by atoms with Crippen molar-refractivity contribution in [2.75, 3.05) is 0 Å². The maximum atomic E-state index is 4.74. The summed E-state index contributed by atoms with van der Waals surface area (Å²) in [6.07, 6.45) is 3.70. The van der Waals surface area contributed by atoms with Gasteiger partial charge in [-0.2, -0.15) is 0 Å². The molecular weight excluding hydrogens is 593 g/mol. The van der Waals surface area contributed by atoms with E-state index in [1.54, 1.807) is 0 Å². The molecule has 0 saturated carbocycles. The molecule has 2 heterocycles. The Morgan fingerprint density at radius 1 is 0.347 bits per heavy atom. The van der Waals surface area contributed by atoms with E-state index in [0.29, 0.717) is 0 Å². The van der Waals surface area contributed by atoms with Gasteiger partial charge in [0.05, 0.1) is 16.4 Å². The number of rotatable bonds is 2. The number of pyridine rings is 2. The lowest BCUT2D eigenvalue weighted by Crippen LogP contribution is -2.31. The number of benzene rings is 7. The second kappa shape index (κ2) is 9.82. The highest BCUT2D eigenvalue weighted by atomic mass is 14.7. The fourth-order valence-electron chi connectivity index (χ4n) is 8.97. The first-order valence-corrected chi connectivity index (χ1v) is 16.9. The van der Waals surface area contributed by atoms with Crippen LogP contribution in [0.1, 0.15) is 22.3 Å². The Bertz CT molecular complexity index is 2780. The van der Waals surface area contributed by atoms with Gasteiger partial charge in [-0.15, -0.1) is 0 Å². The van der Waals surface area contributed by atoms with Gasteiger partial charge in [0.15, 0.2) is 0 Å². The van der Waals surface area contributed by atoms with Crippen molar-refractivity contribution in [1.29, 1.82) is 0 Å². The lowest BCUT2D eigenvalue weighted by Gasteiger charge is -2.40. The summed E-state index contributed by atoms with van der Waals surface area (Å²) in [6.45, 7) is 0. The van der Waals surface area contributed by atoms with Crippen LogP contribution in [0.2, 0.25) is 0 Å². The van der Waals surface area contributed by atoms with Crippen LogP contribution in [0, 0.1) is 0 Å². The minimum atomic E-state index is -0.419. The smallest absolute Gasteiger partial charge is 0.0970 e. The number of aromatic nitrogens is 2. The maximum absolute atomic E-state index is 4.74. The highest BCUT2D eigenvalue weighted by molar-refractivity contribution is 6.10. The van der Waals surface area contributed by atoms with E-state index in [-0.39, 0.29) is 0 Å². The second-order valence-corrected chi connectivity index (χ2v) is 13.3. The van der Waals surface area contributed by atoms with Crippen LogP contribution in [0.5, 0.6) is 0 Å². The van der Waals surface area contributed by atoms with Gasteiger partial charge in [0.25, 0.3) is 0 Å². The minimum absolute atomic E-state index is 0.419. The van der Waals surface area contributed by atoms with Crippen molar-refractivity contribution in [2.45, 2.75) is 5.41 Å². The van der Waals surface area contributed by atoms with Crippen LogP contribution in [0.15, 0.2) is 170 Å². The van der Waals surface area contributed by atoms with Crippen molar-refractivity contribution >= 4 is 32.6 Å². The van der Waals surface area contributed by atoms with Crippen LogP contribution in [0.3, 0.4) is 0 Å².